The lowest BCUT2D eigenvalue weighted by Crippen LogP contribution is -2.20. The van der Waals surface area contributed by atoms with E-state index in [0.29, 0.717) is 22.2 Å². The van der Waals surface area contributed by atoms with Gasteiger partial charge in [-0.3, -0.25) is 4.79 Å². The molecule has 3 aromatic heterocycles. The predicted molar refractivity (Wildman–Crippen MR) is 99.1 cm³/mol. The summed E-state index contributed by atoms with van der Waals surface area (Å²) in [4.78, 5) is 23.9. The third-order valence-corrected chi connectivity index (χ3v) is 4.27. The highest BCUT2D eigenvalue weighted by Crippen LogP contribution is 2.22. The summed E-state index contributed by atoms with van der Waals surface area (Å²) in [6.07, 6.45) is 4.72. The van der Waals surface area contributed by atoms with Gasteiger partial charge in [0, 0.05) is 27.7 Å². The third kappa shape index (κ3) is 3.16. The molecular formula is C18H14ClN5O2. The molecule has 0 spiro atoms. The number of hydrogen-bond acceptors (Lipinski definition) is 6. The Balaban J connectivity index is 1.65. The van der Waals surface area contributed by atoms with E-state index < -0.39 is 0 Å². The third-order valence-electron chi connectivity index (χ3n) is 4.03. The minimum Gasteiger partial charge on any atom is -0.364 e. The average molecular weight is 368 g/mol. The largest absolute Gasteiger partial charge is 0.364 e. The van der Waals surface area contributed by atoms with E-state index in [0.717, 1.165) is 16.5 Å². The Kier molecular flexibility index (Phi) is 4.14. The monoisotopic (exact) mass is 367 g/mol. The lowest BCUT2D eigenvalue weighted by molar-refractivity contribution is 0.420. The number of anilines is 1. The lowest BCUT2D eigenvalue weighted by Gasteiger charge is -2.14. The number of H-pyrrole nitrogens is 1. The summed E-state index contributed by atoms with van der Waals surface area (Å²) in [5.74, 6) is 0.404. The van der Waals surface area contributed by atoms with Gasteiger partial charge < -0.3 is 14.8 Å². The van der Waals surface area contributed by atoms with Gasteiger partial charge in [0.25, 0.3) is 5.56 Å². The Hall–Kier alpha value is -3.19. The van der Waals surface area contributed by atoms with Crippen LogP contribution < -0.4 is 10.9 Å². The molecule has 7 nitrogen and oxygen atoms in total. The Labute approximate surface area is 153 Å². The number of nitrogens with zero attached hydrogens (tertiary/aromatic N) is 3. The molecular weight excluding hydrogens is 354 g/mol. The minimum atomic E-state index is -0.306. The van der Waals surface area contributed by atoms with Crippen molar-refractivity contribution >= 4 is 28.5 Å². The number of rotatable bonds is 4. The van der Waals surface area contributed by atoms with E-state index in [1.807, 2.05) is 19.1 Å². The molecule has 8 heteroatoms. The van der Waals surface area contributed by atoms with Crippen molar-refractivity contribution < 1.29 is 4.52 Å². The normalized spacial score (nSPS) is 12.2. The first-order valence-corrected chi connectivity index (χ1v) is 8.30. The van der Waals surface area contributed by atoms with Gasteiger partial charge in [-0.2, -0.15) is 0 Å². The summed E-state index contributed by atoms with van der Waals surface area (Å²) < 4.78 is 4.84. The smallest absolute Gasteiger partial charge is 0.253 e. The van der Waals surface area contributed by atoms with Crippen LogP contribution in [0.15, 0.2) is 58.3 Å². The van der Waals surface area contributed by atoms with E-state index >= 15 is 0 Å². The molecule has 0 unspecified atom stereocenters. The Morgan fingerprint density at radius 1 is 1.27 bits per heavy atom. The number of aromatic nitrogens is 4. The van der Waals surface area contributed by atoms with Crippen LogP contribution in [0.5, 0.6) is 0 Å². The molecule has 0 radical (unpaired) electrons. The quantitative estimate of drug-likeness (QED) is 0.569. The fourth-order valence-electron chi connectivity index (χ4n) is 2.71. The molecule has 1 atom stereocenters. The predicted octanol–water partition coefficient (Wildman–Crippen LogP) is 3.80. The molecule has 4 rings (SSSR count). The van der Waals surface area contributed by atoms with Gasteiger partial charge in [0.1, 0.15) is 6.26 Å². The van der Waals surface area contributed by atoms with Gasteiger partial charge in [-0.1, -0.05) is 16.8 Å². The summed E-state index contributed by atoms with van der Waals surface area (Å²) >= 11 is 6.05. The van der Waals surface area contributed by atoms with Gasteiger partial charge in [-0.15, -0.1) is 0 Å². The van der Waals surface area contributed by atoms with Crippen molar-refractivity contribution in [3.63, 3.8) is 0 Å². The molecule has 2 N–H and O–H groups in total. The van der Waals surface area contributed by atoms with Crippen LogP contribution in [0.3, 0.4) is 0 Å². The first-order valence-electron chi connectivity index (χ1n) is 7.92. The number of benzene rings is 1. The highest BCUT2D eigenvalue weighted by molar-refractivity contribution is 6.31. The summed E-state index contributed by atoms with van der Waals surface area (Å²) in [6.45, 7) is 1.87. The van der Waals surface area contributed by atoms with Crippen LogP contribution in [0, 0.1) is 0 Å². The van der Waals surface area contributed by atoms with Gasteiger partial charge in [-0.25, -0.2) is 9.97 Å². The molecule has 0 aliphatic rings. The zero-order valence-electron chi connectivity index (χ0n) is 13.7. The van der Waals surface area contributed by atoms with Crippen LogP contribution in [0.25, 0.3) is 22.2 Å². The number of fused-ring (bicyclic) bond motifs is 1. The Morgan fingerprint density at radius 3 is 2.96 bits per heavy atom. The minimum absolute atomic E-state index is 0.171. The summed E-state index contributed by atoms with van der Waals surface area (Å²) in [6, 6.07) is 8.61. The topological polar surface area (TPSA) is 96.7 Å². The van der Waals surface area contributed by atoms with E-state index in [-0.39, 0.29) is 11.6 Å². The van der Waals surface area contributed by atoms with Crippen molar-refractivity contribution in [2.45, 2.75) is 13.0 Å². The van der Waals surface area contributed by atoms with Crippen LogP contribution >= 0.6 is 11.6 Å². The second-order valence-electron chi connectivity index (χ2n) is 5.83. The number of hydrogen-bond donors (Lipinski definition) is 2. The maximum atomic E-state index is 12.4. The maximum Gasteiger partial charge on any atom is 0.253 e. The molecule has 130 valence electrons. The van der Waals surface area contributed by atoms with Crippen molar-refractivity contribution in [3.8, 4) is 11.3 Å². The molecule has 0 aliphatic carbocycles. The molecule has 0 bridgehead atoms. The van der Waals surface area contributed by atoms with Crippen LogP contribution in [0.1, 0.15) is 18.5 Å². The number of nitrogens with one attached hydrogen (secondary N) is 2. The van der Waals surface area contributed by atoms with E-state index in [1.54, 1.807) is 30.6 Å². The fraction of sp³-hybridized carbons (Fsp3) is 0.111. The van der Waals surface area contributed by atoms with Crippen molar-refractivity contribution in [1.82, 2.24) is 20.1 Å². The SMILES string of the molecule is C[C@H](Nc1nccc(-c2cnoc2)n1)c1cc2cc(Cl)ccc2[nH]c1=O. The average Bonchev–Trinajstić information content (AvgIpc) is 3.16. The van der Waals surface area contributed by atoms with Crippen LogP contribution in [-0.2, 0) is 0 Å². The molecule has 0 saturated heterocycles. The van der Waals surface area contributed by atoms with Gasteiger partial charge >= 0.3 is 0 Å². The number of aromatic amines is 1. The van der Waals surface area contributed by atoms with E-state index in [4.69, 9.17) is 16.1 Å². The van der Waals surface area contributed by atoms with Gasteiger partial charge in [0.2, 0.25) is 5.95 Å². The fourth-order valence-corrected chi connectivity index (χ4v) is 2.89. The van der Waals surface area contributed by atoms with Crippen molar-refractivity contribution in [3.05, 3.63) is 69.9 Å². The highest BCUT2D eigenvalue weighted by Gasteiger charge is 2.13. The highest BCUT2D eigenvalue weighted by atomic mass is 35.5. The second kappa shape index (κ2) is 6.61. The van der Waals surface area contributed by atoms with E-state index in [9.17, 15) is 4.79 Å². The first kappa shape index (κ1) is 16.3. The van der Waals surface area contributed by atoms with Gasteiger partial charge in [-0.05, 0) is 37.3 Å². The van der Waals surface area contributed by atoms with E-state index in [1.165, 1.54) is 6.26 Å². The second-order valence-corrected chi connectivity index (χ2v) is 6.27. The van der Waals surface area contributed by atoms with Crippen molar-refractivity contribution in [1.29, 1.82) is 0 Å². The molecule has 0 amide bonds. The molecule has 1 aromatic carbocycles. The molecule has 3 heterocycles. The molecule has 4 aromatic rings. The Morgan fingerprint density at radius 2 is 2.15 bits per heavy atom. The standard InChI is InChI=1S/C18H14ClN5O2/c1-10(14-7-11-6-13(19)2-3-15(11)23-17(14)25)22-18-20-5-4-16(24-18)12-8-21-26-9-12/h2-10H,1H3,(H,23,25)(H,20,22,24)/t10-/m0/s1. The van der Waals surface area contributed by atoms with Gasteiger partial charge in [0.15, 0.2) is 0 Å². The van der Waals surface area contributed by atoms with E-state index in [2.05, 4.69) is 25.4 Å². The molecule has 0 saturated carbocycles. The molecule has 0 fully saturated rings. The van der Waals surface area contributed by atoms with Crippen LogP contribution in [-0.4, -0.2) is 20.1 Å². The maximum absolute atomic E-state index is 12.4. The first-order chi connectivity index (χ1) is 12.6. The molecule has 26 heavy (non-hydrogen) atoms. The van der Waals surface area contributed by atoms with Crippen molar-refractivity contribution in [2.75, 3.05) is 5.32 Å². The van der Waals surface area contributed by atoms with Crippen LogP contribution in [0.4, 0.5) is 5.95 Å². The number of halogens is 1. The summed E-state index contributed by atoms with van der Waals surface area (Å²) in [7, 11) is 0. The lowest BCUT2D eigenvalue weighted by atomic mass is 10.1. The molecule has 0 aliphatic heterocycles. The zero-order valence-corrected chi connectivity index (χ0v) is 14.5. The van der Waals surface area contributed by atoms with Gasteiger partial charge in [0.05, 0.1) is 23.5 Å². The zero-order chi connectivity index (χ0) is 18.1. The Bertz CT molecular complexity index is 1120. The number of pyridine rings is 1. The summed E-state index contributed by atoms with van der Waals surface area (Å²) in [5, 5.41) is 8.30. The van der Waals surface area contributed by atoms with Crippen LogP contribution in [0.2, 0.25) is 5.02 Å². The van der Waals surface area contributed by atoms with Crippen molar-refractivity contribution in [2.24, 2.45) is 0 Å². The summed E-state index contributed by atoms with van der Waals surface area (Å²) in [5.41, 5.74) is 2.56.